The van der Waals surface area contributed by atoms with Gasteiger partial charge in [-0.2, -0.15) is 5.26 Å². The van der Waals surface area contributed by atoms with Crippen LogP contribution in [0, 0.1) is 11.3 Å². The van der Waals surface area contributed by atoms with E-state index in [-0.39, 0.29) is 0 Å². The van der Waals surface area contributed by atoms with E-state index < -0.39 is 0 Å². The quantitative estimate of drug-likeness (QED) is 0.600. The number of nitrogens with zero attached hydrogens (tertiary/aromatic N) is 4. The molecule has 1 heterocycles. The predicted molar refractivity (Wildman–Crippen MR) is 79.6 cm³/mol. The van der Waals surface area contributed by atoms with Gasteiger partial charge in [0, 0.05) is 37.5 Å². The van der Waals surface area contributed by atoms with Crippen LogP contribution in [0.1, 0.15) is 12.8 Å². The van der Waals surface area contributed by atoms with Crippen molar-refractivity contribution < 1.29 is 4.42 Å². The zero-order chi connectivity index (χ0) is 14.4. The molecule has 0 aliphatic carbocycles. The van der Waals surface area contributed by atoms with Crippen molar-refractivity contribution in [2.45, 2.75) is 18.1 Å². The van der Waals surface area contributed by atoms with Gasteiger partial charge in [-0.3, -0.25) is 0 Å². The number of unbranched alkanes of at least 4 members (excludes halogenated alkanes) is 1. The number of rotatable bonds is 6. The first-order valence-electron chi connectivity index (χ1n) is 6.31. The zero-order valence-electron chi connectivity index (χ0n) is 11.5. The Balaban J connectivity index is 1.99. The molecule has 104 valence electrons. The maximum atomic E-state index is 8.46. The molecule has 2 rings (SSSR count). The van der Waals surface area contributed by atoms with E-state index in [9.17, 15) is 0 Å². The molecule has 0 saturated heterocycles. The Morgan fingerprint density at radius 2 is 2.00 bits per heavy atom. The lowest BCUT2D eigenvalue weighted by atomic mass is 10.2. The average molecular weight is 288 g/mol. The van der Waals surface area contributed by atoms with Crippen LogP contribution in [0.25, 0.3) is 11.5 Å². The third-order valence-corrected chi connectivity index (χ3v) is 3.60. The minimum Gasteiger partial charge on any atom is -0.411 e. The molecule has 0 spiro atoms. The standard InChI is InChI=1S/C14H16N4OS/c1-18(2)12-7-5-11(6-8-12)13-16-17-14(19-13)20-10-4-3-9-15/h5-8H,3-4,10H2,1-2H3. The summed E-state index contributed by atoms with van der Waals surface area (Å²) in [4.78, 5) is 2.04. The summed E-state index contributed by atoms with van der Waals surface area (Å²) in [6.45, 7) is 0. The number of hydrogen-bond donors (Lipinski definition) is 0. The molecule has 2 aromatic rings. The molecule has 0 aliphatic heterocycles. The lowest BCUT2D eigenvalue weighted by Gasteiger charge is -2.11. The first-order chi connectivity index (χ1) is 9.70. The number of benzene rings is 1. The Kier molecular flexibility index (Phi) is 5.02. The van der Waals surface area contributed by atoms with Crippen LogP contribution in [0.5, 0.6) is 0 Å². The number of anilines is 1. The second-order valence-corrected chi connectivity index (χ2v) is 5.47. The fraction of sp³-hybridized carbons (Fsp3) is 0.357. The maximum Gasteiger partial charge on any atom is 0.276 e. The molecule has 0 amide bonds. The first-order valence-corrected chi connectivity index (χ1v) is 7.30. The zero-order valence-corrected chi connectivity index (χ0v) is 12.4. The van der Waals surface area contributed by atoms with Crippen molar-refractivity contribution in [3.05, 3.63) is 24.3 Å². The van der Waals surface area contributed by atoms with Crippen molar-refractivity contribution in [3.63, 3.8) is 0 Å². The molecule has 1 aromatic heterocycles. The molecule has 20 heavy (non-hydrogen) atoms. The number of thioether (sulfide) groups is 1. The summed E-state index contributed by atoms with van der Waals surface area (Å²) in [5.74, 6) is 1.34. The van der Waals surface area contributed by atoms with E-state index in [1.165, 1.54) is 11.8 Å². The summed E-state index contributed by atoms with van der Waals surface area (Å²) in [6.07, 6.45) is 1.39. The second kappa shape index (κ2) is 6.96. The van der Waals surface area contributed by atoms with E-state index in [0.717, 1.165) is 23.4 Å². The van der Waals surface area contributed by atoms with Crippen LogP contribution in [-0.4, -0.2) is 30.0 Å². The Hall–Kier alpha value is -2.00. The van der Waals surface area contributed by atoms with Crippen LogP contribution in [0.2, 0.25) is 0 Å². The Morgan fingerprint density at radius 3 is 2.65 bits per heavy atom. The van der Waals surface area contributed by atoms with Gasteiger partial charge in [0.15, 0.2) is 0 Å². The maximum absolute atomic E-state index is 8.46. The van der Waals surface area contributed by atoms with Gasteiger partial charge in [0.1, 0.15) is 0 Å². The van der Waals surface area contributed by atoms with Crippen molar-refractivity contribution in [3.8, 4) is 17.5 Å². The summed E-state index contributed by atoms with van der Waals surface area (Å²) in [6, 6.07) is 10.1. The van der Waals surface area contributed by atoms with E-state index >= 15 is 0 Å². The van der Waals surface area contributed by atoms with Crippen LogP contribution < -0.4 is 4.90 Å². The van der Waals surface area contributed by atoms with Crippen molar-refractivity contribution >= 4 is 17.4 Å². The van der Waals surface area contributed by atoms with Crippen LogP contribution in [0.15, 0.2) is 33.9 Å². The predicted octanol–water partition coefficient (Wildman–Crippen LogP) is 3.20. The Labute approximate surface area is 122 Å². The van der Waals surface area contributed by atoms with Gasteiger partial charge in [-0.15, -0.1) is 10.2 Å². The van der Waals surface area contributed by atoms with E-state index in [1.54, 1.807) is 0 Å². The average Bonchev–Trinajstić information content (AvgIpc) is 2.92. The van der Waals surface area contributed by atoms with Gasteiger partial charge in [-0.05, 0) is 30.7 Å². The van der Waals surface area contributed by atoms with Crippen molar-refractivity contribution in [2.75, 3.05) is 24.7 Å². The number of aromatic nitrogens is 2. The largest absolute Gasteiger partial charge is 0.411 e. The van der Waals surface area contributed by atoms with Crippen LogP contribution >= 0.6 is 11.8 Å². The molecule has 5 nitrogen and oxygen atoms in total. The normalized spacial score (nSPS) is 10.2. The lowest BCUT2D eigenvalue weighted by molar-refractivity contribution is 0.466. The van der Waals surface area contributed by atoms with Crippen LogP contribution in [0.3, 0.4) is 0 Å². The molecule has 0 unspecified atom stereocenters. The van der Waals surface area contributed by atoms with Crippen LogP contribution in [-0.2, 0) is 0 Å². The van der Waals surface area contributed by atoms with Gasteiger partial charge < -0.3 is 9.32 Å². The first kappa shape index (κ1) is 14.4. The van der Waals surface area contributed by atoms with Crippen molar-refractivity contribution in [1.29, 1.82) is 5.26 Å². The molecule has 0 fully saturated rings. The Morgan fingerprint density at radius 1 is 1.25 bits per heavy atom. The van der Waals surface area contributed by atoms with E-state index in [1.807, 2.05) is 43.3 Å². The van der Waals surface area contributed by atoms with E-state index in [4.69, 9.17) is 9.68 Å². The van der Waals surface area contributed by atoms with Gasteiger partial charge in [-0.1, -0.05) is 11.8 Å². The van der Waals surface area contributed by atoms with Gasteiger partial charge in [-0.25, -0.2) is 0 Å². The smallest absolute Gasteiger partial charge is 0.276 e. The highest BCUT2D eigenvalue weighted by atomic mass is 32.2. The number of hydrogen-bond acceptors (Lipinski definition) is 6. The molecule has 0 saturated carbocycles. The highest BCUT2D eigenvalue weighted by Gasteiger charge is 2.09. The SMILES string of the molecule is CN(C)c1ccc(-c2nnc(SCCCC#N)o2)cc1. The van der Waals surface area contributed by atoms with Crippen molar-refractivity contribution in [1.82, 2.24) is 10.2 Å². The molecule has 0 radical (unpaired) electrons. The molecule has 0 atom stereocenters. The van der Waals surface area contributed by atoms with Gasteiger partial charge in [0.25, 0.3) is 5.22 Å². The van der Waals surface area contributed by atoms with Crippen molar-refractivity contribution in [2.24, 2.45) is 0 Å². The summed E-state index contributed by atoms with van der Waals surface area (Å²) >= 11 is 1.48. The monoisotopic (exact) mass is 288 g/mol. The summed E-state index contributed by atoms with van der Waals surface area (Å²) in [7, 11) is 4.00. The fourth-order valence-electron chi connectivity index (χ4n) is 1.60. The summed E-state index contributed by atoms with van der Waals surface area (Å²) in [5.41, 5.74) is 2.03. The van der Waals surface area contributed by atoms with Gasteiger partial charge in [0.2, 0.25) is 5.89 Å². The molecule has 6 heteroatoms. The highest BCUT2D eigenvalue weighted by molar-refractivity contribution is 7.99. The molecular weight excluding hydrogens is 272 g/mol. The van der Waals surface area contributed by atoms with Gasteiger partial charge >= 0.3 is 0 Å². The molecule has 0 N–H and O–H groups in total. The molecule has 0 aliphatic rings. The third-order valence-electron chi connectivity index (χ3n) is 2.70. The van der Waals surface area contributed by atoms with E-state index in [2.05, 4.69) is 16.3 Å². The molecular formula is C14H16N4OS. The van der Waals surface area contributed by atoms with E-state index in [0.29, 0.717) is 17.5 Å². The topological polar surface area (TPSA) is 66.0 Å². The Bertz CT molecular complexity index is 586. The molecule has 0 bridgehead atoms. The minimum atomic E-state index is 0.526. The number of nitriles is 1. The summed E-state index contributed by atoms with van der Waals surface area (Å²) < 4.78 is 5.59. The minimum absolute atomic E-state index is 0.526. The third kappa shape index (κ3) is 3.75. The summed E-state index contributed by atoms with van der Waals surface area (Å²) in [5, 5.41) is 17.1. The van der Waals surface area contributed by atoms with Gasteiger partial charge in [0.05, 0.1) is 6.07 Å². The van der Waals surface area contributed by atoms with Crippen LogP contribution in [0.4, 0.5) is 5.69 Å². The lowest BCUT2D eigenvalue weighted by Crippen LogP contribution is -2.07. The fourth-order valence-corrected chi connectivity index (χ4v) is 2.30. The molecule has 1 aromatic carbocycles. The highest BCUT2D eigenvalue weighted by Crippen LogP contribution is 2.25. The second-order valence-electron chi connectivity index (χ2n) is 4.42.